The van der Waals surface area contributed by atoms with Gasteiger partial charge in [-0.3, -0.25) is 14.4 Å². The summed E-state index contributed by atoms with van der Waals surface area (Å²) >= 11 is 0. The number of carbonyl (C=O) groups excluding carboxylic acids is 2. The van der Waals surface area contributed by atoms with Gasteiger partial charge >= 0.3 is 5.97 Å². The van der Waals surface area contributed by atoms with E-state index in [9.17, 15) is 28.3 Å². The van der Waals surface area contributed by atoms with Gasteiger partial charge in [-0.05, 0) is 72.0 Å². The van der Waals surface area contributed by atoms with E-state index in [-0.39, 0.29) is 43.1 Å². The van der Waals surface area contributed by atoms with Crippen LogP contribution in [0.1, 0.15) is 45.2 Å². The van der Waals surface area contributed by atoms with E-state index in [0.29, 0.717) is 29.7 Å². The Morgan fingerprint density at radius 1 is 0.791 bits per heavy atom. The van der Waals surface area contributed by atoms with Crippen molar-refractivity contribution in [1.82, 2.24) is 10.2 Å². The quantitative estimate of drug-likeness (QED) is 0.197. The first-order valence-electron chi connectivity index (χ1n) is 13.9. The smallest absolute Gasteiger partial charge is 0.305 e. The average molecular weight is 587 g/mol. The van der Waals surface area contributed by atoms with Crippen molar-refractivity contribution >= 4 is 17.8 Å². The topological polar surface area (TPSA) is 95.9 Å². The minimum absolute atomic E-state index is 0.00581. The molecule has 0 radical (unpaired) electrons. The van der Waals surface area contributed by atoms with Crippen LogP contribution >= 0.6 is 0 Å². The Bertz CT molecular complexity index is 1570. The molecular formula is C34H32F2N2O5. The number of benzene rings is 4. The Morgan fingerprint density at radius 2 is 1.40 bits per heavy atom. The van der Waals surface area contributed by atoms with Crippen LogP contribution in [0.5, 0.6) is 5.75 Å². The van der Waals surface area contributed by atoms with Crippen molar-refractivity contribution < 1.29 is 33.0 Å². The van der Waals surface area contributed by atoms with Gasteiger partial charge in [0.05, 0.1) is 13.0 Å². The third kappa shape index (κ3) is 8.48. The number of carbonyl (C=O) groups is 3. The zero-order valence-corrected chi connectivity index (χ0v) is 23.7. The number of aliphatic carboxylic acids is 1. The summed E-state index contributed by atoms with van der Waals surface area (Å²) in [6, 6.07) is 24.1. The SMILES string of the molecule is CCOc1ccc(CCN(CCC(=O)O)C(=O)c2ccccc2-c2ccccc2C(=O)NCc2cc(F)cc(F)c2)cc1. The maximum absolute atomic E-state index is 13.9. The summed E-state index contributed by atoms with van der Waals surface area (Å²) in [6.07, 6.45) is 0.274. The second kappa shape index (κ2) is 14.7. The molecule has 0 aromatic heterocycles. The van der Waals surface area contributed by atoms with Crippen LogP contribution in [0.4, 0.5) is 8.78 Å². The van der Waals surface area contributed by atoms with Crippen LogP contribution in [0.25, 0.3) is 11.1 Å². The molecule has 0 bridgehead atoms. The number of rotatable bonds is 13. The Labute approximate surface area is 248 Å². The predicted molar refractivity (Wildman–Crippen MR) is 159 cm³/mol. The highest BCUT2D eigenvalue weighted by Crippen LogP contribution is 2.29. The monoisotopic (exact) mass is 586 g/mol. The Morgan fingerprint density at radius 3 is 2.02 bits per heavy atom. The molecule has 0 fully saturated rings. The van der Waals surface area contributed by atoms with Crippen molar-refractivity contribution in [2.24, 2.45) is 0 Å². The van der Waals surface area contributed by atoms with E-state index in [1.165, 1.54) is 4.90 Å². The van der Waals surface area contributed by atoms with Gasteiger partial charge in [0.1, 0.15) is 17.4 Å². The van der Waals surface area contributed by atoms with Crippen LogP contribution in [0, 0.1) is 11.6 Å². The van der Waals surface area contributed by atoms with Crippen LogP contribution in [0.3, 0.4) is 0 Å². The van der Waals surface area contributed by atoms with Gasteiger partial charge < -0.3 is 20.1 Å². The molecule has 2 amide bonds. The summed E-state index contributed by atoms with van der Waals surface area (Å²) in [5, 5.41) is 12.0. The molecule has 4 aromatic rings. The lowest BCUT2D eigenvalue weighted by Crippen LogP contribution is -2.35. The van der Waals surface area contributed by atoms with E-state index in [1.807, 2.05) is 31.2 Å². The van der Waals surface area contributed by atoms with Gasteiger partial charge in [-0.15, -0.1) is 0 Å². The summed E-state index contributed by atoms with van der Waals surface area (Å²) in [4.78, 5) is 40.1. The first-order chi connectivity index (χ1) is 20.7. The number of hydrogen-bond acceptors (Lipinski definition) is 4. The van der Waals surface area contributed by atoms with E-state index in [4.69, 9.17) is 4.74 Å². The summed E-state index contributed by atoms with van der Waals surface area (Å²) in [5.41, 5.74) is 2.79. The highest BCUT2D eigenvalue weighted by atomic mass is 19.1. The number of carboxylic acids is 1. The van der Waals surface area contributed by atoms with E-state index in [0.717, 1.165) is 29.5 Å². The summed E-state index contributed by atoms with van der Waals surface area (Å²) in [5.74, 6) is -2.62. The van der Waals surface area contributed by atoms with Crippen LogP contribution in [-0.4, -0.2) is 47.5 Å². The second-order valence-corrected chi connectivity index (χ2v) is 9.81. The van der Waals surface area contributed by atoms with Crippen LogP contribution < -0.4 is 10.1 Å². The van der Waals surface area contributed by atoms with Gasteiger partial charge in [-0.2, -0.15) is 0 Å². The summed E-state index contributed by atoms with van der Waals surface area (Å²) in [7, 11) is 0. The van der Waals surface area contributed by atoms with Crippen molar-refractivity contribution in [3.8, 4) is 16.9 Å². The van der Waals surface area contributed by atoms with Gasteiger partial charge in [-0.1, -0.05) is 48.5 Å². The molecule has 4 rings (SSSR count). The Hall–Kier alpha value is -5.05. The highest BCUT2D eigenvalue weighted by molar-refractivity contribution is 6.06. The maximum Gasteiger partial charge on any atom is 0.305 e. The lowest BCUT2D eigenvalue weighted by Gasteiger charge is -2.24. The fourth-order valence-corrected chi connectivity index (χ4v) is 4.71. The fraction of sp³-hybridized carbons (Fsp3) is 0.206. The molecule has 4 aromatic carbocycles. The predicted octanol–water partition coefficient (Wildman–Crippen LogP) is 6.12. The van der Waals surface area contributed by atoms with Gasteiger partial charge in [0.2, 0.25) is 0 Å². The van der Waals surface area contributed by atoms with Crippen molar-refractivity contribution in [2.45, 2.75) is 26.3 Å². The summed E-state index contributed by atoms with van der Waals surface area (Å²) < 4.78 is 32.7. The molecule has 0 heterocycles. The van der Waals surface area contributed by atoms with E-state index >= 15 is 0 Å². The number of hydrogen-bond donors (Lipinski definition) is 2. The first kappa shape index (κ1) is 30.9. The number of carboxylic acid groups (broad SMARTS) is 1. The number of nitrogens with zero attached hydrogens (tertiary/aromatic N) is 1. The molecule has 0 unspecified atom stereocenters. The van der Waals surface area contributed by atoms with Crippen LogP contribution in [-0.2, 0) is 17.8 Å². The number of nitrogens with one attached hydrogen (secondary N) is 1. The lowest BCUT2D eigenvalue weighted by molar-refractivity contribution is -0.137. The highest BCUT2D eigenvalue weighted by Gasteiger charge is 2.22. The zero-order valence-electron chi connectivity index (χ0n) is 23.7. The molecule has 7 nitrogen and oxygen atoms in total. The minimum atomic E-state index is -1.02. The molecule has 0 saturated heterocycles. The number of amides is 2. The third-order valence-corrected chi connectivity index (χ3v) is 6.78. The molecule has 0 atom stereocenters. The minimum Gasteiger partial charge on any atom is -0.494 e. The van der Waals surface area contributed by atoms with Gasteiger partial charge in [0, 0.05) is 36.8 Å². The van der Waals surface area contributed by atoms with Crippen LogP contribution in [0.2, 0.25) is 0 Å². The first-order valence-corrected chi connectivity index (χ1v) is 13.9. The standard InChI is InChI=1S/C34H32F2N2O5/c1-2-43-27-13-11-23(12-14-27)15-17-38(18-16-32(39)40)34(42)31-10-6-4-8-29(31)28-7-3-5-9-30(28)33(41)37-22-24-19-25(35)21-26(36)20-24/h3-14,19-21H,2,15-18,22H2,1H3,(H,37,41)(H,39,40). The Kier molecular flexibility index (Phi) is 10.6. The van der Waals surface area contributed by atoms with E-state index < -0.39 is 23.5 Å². The van der Waals surface area contributed by atoms with Gasteiger partial charge in [0.25, 0.3) is 11.8 Å². The molecule has 43 heavy (non-hydrogen) atoms. The Balaban J connectivity index is 1.58. The van der Waals surface area contributed by atoms with Crippen molar-refractivity contribution in [3.63, 3.8) is 0 Å². The van der Waals surface area contributed by atoms with Crippen molar-refractivity contribution in [2.75, 3.05) is 19.7 Å². The second-order valence-electron chi connectivity index (χ2n) is 9.81. The number of ether oxygens (including phenoxy) is 1. The van der Waals surface area contributed by atoms with Gasteiger partial charge in [-0.25, -0.2) is 8.78 Å². The van der Waals surface area contributed by atoms with Crippen molar-refractivity contribution in [3.05, 3.63) is 125 Å². The molecule has 9 heteroatoms. The molecular weight excluding hydrogens is 554 g/mol. The van der Waals surface area contributed by atoms with E-state index in [2.05, 4.69) is 5.32 Å². The average Bonchev–Trinajstić information content (AvgIpc) is 3.00. The molecule has 2 N–H and O–H groups in total. The molecule has 0 aliphatic heterocycles. The van der Waals surface area contributed by atoms with E-state index in [1.54, 1.807) is 48.5 Å². The van der Waals surface area contributed by atoms with Gasteiger partial charge in [0.15, 0.2) is 0 Å². The largest absolute Gasteiger partial charge is 0.494 e. The lowest BCUT2D eigenvalue weighted by atomic mass is 9.94. The zero-order chi connectivity index (χ0) is 30.8. The molecule has 0 saturated carbocycles. The van der Waals surface area contributed by atoms with Crippen LogP contribution in [0.15, 0.2) is 91.0 Å². The van der Waals surface area contributed by atoms with Crippen molar-refractivity contribution in [1.29, 1.82) is 0 Å². The fourth-order valence-electron chi connectivity index (χ4n) is 4.71. The maximum atomic E-state index is 13.9. The summed E-state index contributed by atoms with van der Waals surface area (Å²) in [6.45, 7) is 2.63. The third-order valence-electron chi connectivity index (χ3n) is 6.78. The molecule has 0 aliphatic rings. The molecule has 0 spiro atoms. The number of halogens is 2. The molecule has 222 valence electrons. The normalized spacial score (nSPS) is 10.7. The molecule has 0 aliphatic carbocycles.